The molecule has 0 N–H and O–H groups in total. The van der Waals surface area contributed by atoms with Crippen molar-refractivity contribution in [2.24, 2.45) is 5.41 Å². The van der Waals surface area contributed by atoms with Gasteiger partial charge < -0.3 is 15.6 Å². The third kappa shape index (κ3) is 10.1. The van der Waals surface area contributed by atoms with Gasteiger partial charge in [-0.25, -0.2) is 14.4 Å². The minimum atomic E-state index is -0.860. The molecule has 25 heavy (non-hydrogen) atoms. The summed E-state index contributed by atoms with van der Waals surface area (Å²) >= 11 is 0. The molecule has 7 heteroatoms. The zero-order valence-corrected chi connectivity index (χ0v) is 19.0. The van der Waals surface area contributed by atoms with Crippen molar-refractivity contribution in [3.63, 3.8) is 0 Å². The molecule has 0 aromatic heterocycles. The van der Waals surface area contributed by atoms with E-state index in [9.17, 15) is 14.4 Å². The Labute approximate surface area is 193 Å². The van der Waals surface area contributed by atoms with Crippen molar-refractivity contribution in [1.82, 2.24) is 0 Å². The second-order valence-corrected chi connectivity index (χ2v) is 5.92. The van der Waals surface area contributed by atoms with E-state index >= 15 is 0 Å². The average Bonchev–Trinajstić information content (AvgIpc) is 2.53. The molecule has 0 amide bonds. The summed E-state index contributed by atoms with van der Waals surface area (Å²) in [6, 6.07) is 0. The second kappa shape index (κ2) is 12.6. The molecule has 0 unspecified atom stereocenters. The molecule has 0 saturated heterocycles. The fourth-order valence-electron chi connectivity index (χ4n) is 1.46. The van der Waals surface area contributed by atoms with Gasteiger partial charge >= 0.3 is 69.3 Å². The van der Waals surface area contributed by atoms with Gasteiger partial charge in [-0.1, -0.05) is 26.7 Å². The van der Waals surface area contributed by atoms with E-state index in [4.69, 9.17) is 14.2 Å². The van der Waals surface area contributed by atoms with Crippen LogP contribution >= 0.6 is 0 Å². The number of ether oxygens (including phenoxy) is 3. The van der Waals surface area contributed by atoms with E-state index in [0.717, 1.165) is 0 Å². The third-order valence-corrected chi connectivity index (χ3v) is 3.32. The van der Waals surface area contributed by atoms with Crippen LogP contribution in [0.5, 0.6) is 0 Å². The van der Waals surface area contributed by atoms with Crippen molar-refractivity contribution >= 4 is 17.9 Å². The number of hydrogen-bond donors (Lipinski definition) is 0. The number of hydrogen-bond acceptors (Lipinski definition) is 6. The van der Waals surface area contributed by atoms with E-state index in [2.05, 4.69) is 19.7 Å². The predicted octanol–water partition coefficient (Wildman–Crippen LogP) is -0.143. The van der Waals surface area contributed by atoms with Crippen molar-refractivity contribution in [3.8, 4) is 0 Å². The molecular weight excluding hydrogens is 351 g/mol. The van der Waals surface area contributed by atoms with E-state index in [-0.39, 0.29) is 89.4 Å². The van der Waals surface area contributed by atoms with E-state index < -0.39 is 23.3 Å². The maximum atomic E-state index is 11.6. The first-order chi connectivity index (χ1) is 11.0. The van der Waals surface area contributed by atoms with Gasteiger partial charge in [0.25, 0.3) is 0 Å². The Bertz CT molecular complexity index is 482. The standard InChI is InChI=1S/C18H26O6.K.H/c1-8-18(9-22-15(19)12(2)3,10-23-16(20)13(4)5)11-24-17(21)14(6)7;;/h2,4,6,8-11H2,1,3,5,7H3;;/q;+1;-1. The van der Waals surface area contributed by atoms with E-state index in [0.29, 0.717) is 6.42 Å². The maximum absolute atomic E-state index is 11.6. The fourth-order valence-corrected chi connectivity index (χ4v) is 1.46. The molecule has 0 saturated carbocycles. The predicted molar refractivity (Wildman–Crippen MR) is 91.2 cm³/mol. The SMILES string of the molecule is C=C(C)C(=O)OCC(CC)(COC(=O)C(=C)C)COC(=O)C(=C)C.[H-].[K+]. The number of carbonyl (C=O) groups excluding carboxylic acids is 3. The fraction of sp³-hybridized carbons (Fsp3) is 0.500. The maximum Gasteiger partial charge on any atom is 1.00 e. The summed E-state index contributed by atoms with van der Waals surface area (Å²) in [5, 5.41) is 0. The van der Waals surface area contributed by atoms with Crippen LogP contribution < -0.4 is 51.4 Å². The van der Waals surface area contributed by atoms with Gasteiger partial charge in [0.15, 0.2) is 0 Å². The zero-order valence-electron chi connectivity index (χ0n) is 16.9. The van der Waals surface area contributed by atoms with Crippen molar-refractivity contribution < 1.29 is 81.4 Å². The molecule has 0 spiro atoms. The summed E-state index contributed by atoms with van der Waals surface area (Å²) in [7, 11) is 0. The van der Waals surface area contributed by atoms with Crippen LogP contribution in [0.25, 0.3) is 0 Å². The second-order valence-electron chi connectivity index (χ2n) is 5.92. The topological polar surface area (TPSA) is 78.9 Å². The molecule has 0 radical (unpaired) electrons. The summed E-state index contributed by atoms with van der Waals surface area (Å²) in [5.41, 5.74) is -0.116. The van der Waals surface area contributed by atoms with Crippen LogP contribution in [0.4, 0.5) is 0 Å². The van der Waals surface area contributed by atoms with Gasteiger partial charge in [-0.3, -0.25) is 0 Å². The normalized spacial score (nSPS) is 10.1. The molecule has 0 rings (SSSR count). The first-order valence-corrected chi connectivity index (χ1v) is 7.52. The molecule has 0 aromatic rings. The summed E-state index contributed by atoms with van der Waals surface area (Å²) in [4.78, 5) is 34.9. The quantitative estimate of drug-likeness (QED) is 0.228. The third-order valence-electron chi connectivity index (χ3n) is 3.32. The summed E-state index contributed by atoms with van der Waals surface area (Å²) in [6.07, 6.45) is 0.448. The Morgan fingerprint density at radius 3 is 1.16 bits per heavy atom. The van der Waals surface area contributed by atoms with Crippen LogP contribution in [-0.4, -0.2) is 37.7 Å². The van der Waals surface area contributed by atoms with Crippen LogP contribution in [0.15, 0.2) is 36.5 Å². The van der Waals surface area contributed by atoms with Gasteiger partial charge in [0, 0.05) is 16.7 Å². The van der Waals surface area contributed by atoms with Crippen molar-refractivity contribution in [1.29, 1.82) is 0 Å². The molecule has 0 aliphatic carbocycles. The molecule has 0 aromatic carbocycles. The zero-order chi connectivity index (χ0) is 18.9. The molecule has 0 bridgehead atoms. The van der Waals surface area contributed by atoms with Crippen molar-refractivity contribution in [2.75, 3.05) is 19.8 Å². The van der Waals surface area contributed by atoms with E-state index in [1.54, 1.807) is 0 Å². The van der Waals surface area contributed by atoms with Gasteiger partial charge in [0.2, 0.25) is 0 Å². The van der Waals surface area contributed by atoms with Crippen molar-refractivity contribution in [2.45, 2.75) is 34.1 Å². The first-order valence-electron chi connectivity index (χ1n) is 7.52. The monoisotopic (exact) mass is 378 g/mol. The molecular formula is C18H27KO6. The summed E-state index contributed by atoms with van der Waals surface area (Å²) in [6.45, 7) is 16.7. The van der Waals surface area contributed by atoms with Gasteiger partial charge in [-0.05, 0) is 27.2 Å². The molecule has 0 fully saturated rings. The summed E-state index contributed by atoms with van der Waals surface area (Å²) in [5.74, 6) is -1.69. The van der Waals surface area contributed by atoms with Gasteiger partial charge in [0.05, 0.1) is 5.41 Å². The van der Waals surface area contributed by atoms with Gasteiger partial charge in [0.1, 0.15) is 19.8 Å². The van der Waals surface area contributed by atoms with Crippen LogP contribution in [0.2, 0.25) is 0 Å². The Morgan fingerprint density at radius 2 is 1.00 bits per heavy atom. The van der Waals surface area contributed by atoms with Crippen LogP contribution in [0, 0.1) is 5.41 Å². The Balaban J connectivity index is -0.00000264. The number of carbonyl (C=O) groups is 3. The first kappa shape index (κ1) is 26.5. The Morgan fingerprint density at radius 1 is 0.760 bits per heavy atom. The molecule has 0 atom stereocenters. The van der Waals surface area contributed by atoms with Gasteiger partial charge in [-0.15, -0.1) is 0 Å². The smallest absolute Gasteiger partial charge is 1.00 e. The Hall–Kier alpha value is -0.734. The molecule has 0 aliphatic rings. The molecule has 0 heterocycles. The van der Waals surface area contributed by atoms with Crippen molar-refractivity contribution in [3.05, 3.63) is 36.5 Å². The largest absolute Gasteiger partial charge is 1.00 e. The van der Waals surface area contributed by atoms with Crippen LogP contribution in [0.3, 0.4) is 0 Å². The molecule has 6 nitrogen and oxygen atoms in total. The van der Waals surface area contributed by atoms with Crippen LogP contribution in [-0.2, 0) is 28.6 Å². The van der Waals surface area contributed by atoms with E-state index in [1.807, 2.05) is 6.92 Å². The molecule has 0 aliphatic heterocycles. The van der Waals surface area contributed by atoms with Gasteiger partial charge in [-0.2, -0.15) is 0 Å². The average molecular weight is 379 g/mol. The number of esters is 3. The van der Waals surface area contributed by atoms with Crippen LogP contribution in [0.1, 0.15) is 35.5 Å². The van der Waals surface area contributed by atoms with E-state index in [1.165, 1.54) is 20.8 Å². The minimum absolute atomic E-state index is 0. The summed E-state index contributed by atoms with van der Waals surface area (Å²) < 4.78 is 15.5. The molecule has 136 valence electrons. The minimum Gasteiger partial charge on any atom is -1.00 e. The number of rotatable bonds is 10. The Kier molecular flexibility index (Phi) is 13.3.